The number of carbonyl (C=O) groups is 1. The Morgan fingerprint density at radius 3 is 3.19 bits per heavy atom. The van der Waals surface area contributed by atoms with Crippen molar-refractivity contribution in [2.75, 3.05) is 31.7 Å². The van der Waals surface area contributed by atoms with Crippen molar-refractivity contribution in [3.05, 3.63) is 24.3 Å². The maximum atomic E-state index is 10.7. The van der Waals surface area contributed by atoms with Crippen LogP contribution in [0, 0.1) is 0 Å². The first kappa shape index (κ1) is 15.6. The van der Waals surface area contributed by atoms with Gasteiger partial charge in [0, 0.05) is 30.4 Å². The van der Waals surface area contributed by atoms with Crippen LogP contribution in [-0.4, -0.2) is 44.4 Å². The molecule has 1 heterocycles. The summed E-state index contributed by atoms with van der Waals surface area (Å²) in [6.07, 6.45) is 0.979. The molecule has 0 saturated carbocycles. The molecule has 1 fully saturated rings. The molecule has 1 aliphatic heterocycles. The van der Waals surface area contributed by atoms with Crippen molar-refractivity contribution >= 4 is 11.6 Å². The molecule has 1 saturated heterocycles. The van der Waals surface area contributed by atoms with Crippen LogP contribution in [0.25, 0.3) is 0 Å². The molecule has 0 spiro atoms. The second-order valence-electron chi connectivity index (χ2n) is 5.29. The minimum Gasteiger partial charge on any atom is -0.484 e. The highest BCUT2D eigenvalue weighted by molar-refractivity contribution is 5.75. The lowest BCUT2D eigenvalue weighted by Crippen LogP contribution is -2.43. The predicted octanol–water partition coefficient (Wildman–Crippen LogP) is 0.730. The highest BCUT2D eigenvalue weighted by Gasteiger charge is 2.16. The minimum atomic E-state index is -0.481. The quantitative estimate of drug-likeness (QED) is 0.690. The fourth-order valence-corrected chi connectivity index (χ4v) is 2.37. The number of ether oxygens (including phenoxy) is 2. The van der Waals surface area contributed by atoms with Crippen molar-refractivity contribution in [3.8, 4) is 5.75 Å². The van der Waals surface area contributed by atoms with Gasteiger partial charge in [-0.05, 0) is 25.5 Å². The molecule has 21 heavy (non-hydrogen) atoms. The Morgan fingerprint density at radius 1 is 1.62 bits per heavy atom. The molecule has 6 heteroatoms. The lowest BCUT2D eigenvalue weighted by molar-refractivity contribution is -0.119. The van der Waals surface area contributed by atoms with Gasteiger partial charge < -0.3 is 25.8 Å². The van der Waals surface area contributed by atoms with Crippen LogP contribution < -0.4 is 21.1 Å². The van der Waals surface area contributed by atoms with Gasteiger partial charge in [-0.25, -0.2) is 0 Å². The number of hydrogen-bond acceptors (Lipinski definition) is 5. The fourth-order valence-electron chi connectivity index (χ4n) is 2.37. The van der Waals surface area contributed by atoms with Crippen LogP contribution in [0.3, 0.4) is 0 Å². The summed E-state index contributed by atoms with van der Waals surface area (Å²) in [5, 5.41) is 6.86. The second-order valence-corrected chi connectivity index (χ2v) is 5.29. The van der Waals surface area contributed by atoms with Crippen LogP contribution in [0.2, 0.25) is 0 Å². The molecule has 6 nitrogen and oxygen atoms in total. The van der Waals surface area contributed by atoms with Crippen LogP contribution in [0.1, 0.15) is 13.3 Å². The zero-order valence-corrected chi connectivity index (χ0v) is 12.3. The number of rotatable bonds is 7. The highest BCUT2D eigenvalue weighted by atomic mass is 16.5. The summed E-state index contributed by atoms with van der Waals surface area (Å²) < 4.78 is 10.7. The Morgan fingerprint density at radius 2 is 2.48 bits per heavy atom. The molecule has 116 valence electrons. The Bertz CT molecular complexity index is 461. The van der Waals surface area contributed by atoms with E-state index in [0.717, 1.165) is 31.9 Å². The summed E-state index contributed by atoms with van der Waals surface area (Å²) in [6.45, 7) is 4.48. The molecule has 0 aliphatic carbocycles. The number of nitrogens with two attached hydrogens (primary N) is 1. The van der Waals surface area contributed by atoms with Gasteiger partial charge >= 0.3 is 0 Å². The zero-order valence-electron chi connectivity index (χ0n) is 12.3. The lowest BCUT2D eigenvalue weighted by Gasteiger charge is -2.27. The predicted molar refractivity (Wildman–Crippen MR) is 81.4 cm³/mol. The van der Waals surface area contributed by atoms with Crippen LogP contribution in [0.15, 0.2) is 24.3 Å². The Kier molecular flexibility index (Phi) is 5.83. The third-order valence-corrected chi connectivity index (χ3v) is 3.26. The number of hydrogen-bond donors (Lipinski definition) is 3. The molecule has 2 atom stereocenters. The average Bonchev–Trinajstić information content (AvgIpc) is 2.46. The van der Waals surface area contributed by atoms with Crippen molar-refractivity contribution in [2.24, 2.45) is 5.73 Å². The number of anilines is 1. The number of nitrogens with one attached hydrogen (secondary N) is 2. The summed E-state index contributed by atoms with van der Waals surface area (Å²) in [6, 6.07) is 8.21. The van der Waals surface area contributed by atoms with Gasteiger partial charge in [0.2, 0.25) is 0 Å². The standard InChI is InChI=1S/C15H23N3O3/c1-11(7-13-9-20-6-5-17-13)18-12-3-2-4-14(8-12)21-10-15(16)19/h2-4,8,11,13,17-18H,5-7,9-10H2,1H3,(H2,16,19). The molecule has 0 radical (unpaired) electrons. The first-order valence-corrected chi connectivity index (χ1v) is 7.22. The first-order valence-electron chi connectivity index (χ1n) is 7.22. The van der Waals surface area contributed by atoms with Crippen LogP contribution in [0.5, 0.6) is 5.75 Å². The topological polar surface area (TPSA) is 85.6 Å². The largest absolute Gasteiger partial charge is 0.484 e. The van der Waals surface area contributed by atoms with Crippen LogP contribution in [-0.2, 0) is 9.53 Å². The van der Waals surface area contributed by atoms with Crippen LogP contribution >= 0.6 is 0 Å². The monoisotopic (exact) mass is 293 g/mol. The maximum Gasteiger partial charge on any atom is 0.255 e. The van der Waals surface area contributed by atoms with Crippen molar-refractivity contribution in [1.29, 1.82) is 0 Å². The average molecular weight is 293 g/mol. The van der Waals surface area contributed by atoms with Crippen molar-refractivity contribution in [1.82, 2.24) is 5.32 Å². The first-order chi connectivity index (χ1) is 10.1. The summed E-state index contributed by atoms with van der Waals surface area (Å²) in [5.41, 5.74) is 6.02. The van der Waals surface area contributed by atoms with Gasteiger partial charge in [-0.15, -0.1) is 0 Å². The van der Waals surface area contributed by atoms with Gasteiger partial charge in [0.25, 0.3) is 5.91 Å². The Balaban J connectivity index is 1.83. The van der Waals surface area contributed by atoms with E-state index in [-0.39, 0.29) is 6.61 Å². The number of amides is 1. The molecule has 2 unspecified atom stereocenters. The number of benzene rings is 1. The summed E-state index contributed by atoms with van der Waals surface area (Å²) in [4.78, 5) is 10.7. The molecule has 0 bridgehead atoms. The van der Waals surface area contributed by atoms with Gasteiger partial charge in [0.05, 0.1) is 13.2 Å². The minimum absolute atomic E-state index is 0.109. The van der Waals surface area contributed by atoms with E-state index in [9.17, 15) is 4.79 Å². The van der Waals surface area contributed by atoms with Gasteiger partial charge in [-0.3, -0.25) is 4.79 Å². The zero-order chi connectivity index (χ0) is 15.1. The fraction of sp³-hybridized carbons (Fsp3) is 0.533. The van der Waals surface area contributed by atoms with E-state index in [2.05, 4.69) is 17.6 Å². The summed E-state index contributed by atoms with van der Waals surface area (Å²) in [5.74, 6) is 0.148. The van der Waals surface area contributed by atoms with Gasteiger partial charge in [-0.1, -0.05) is 6.07 Å². The molecule has 1 aromatic carbocycles. The molecular formula is C15H23N3O3. The van der Waals surface area contributed by atoms with Crippen LogP contribution in [0.4, 0.5) is 5.69 Å². The van der Waals surface area contributed by atoms with Gasteiger partial charge in [0.1, 0.15) is 5.75 Å². The van der Waals surface area contributed by atoms with E-state index in [1.165, 1.54) is 0 Å². The van der Waals surface area contributed by atoms with E-state index in [4.69, 9.17) is 15.2 Å². The van der Waals surface area contributed by atoms with Gasteiger partial charge in [0.15, 0.2) is 6.61 Å². The van der Waals surface area contributed by atoms with Crippen molar-refractivity contribution in [3.63, 3.8) is 0 Å². The molecule has 4 N–H and O–H groups in total. The third kappa shape index (κ3) is 5.61. The van der Waals surface area contributed by atoms with Crippen molar-refractivity contribution in [2.45, 2.75) is 25.4 Å². The normalized spacial score (nSPS) is 19.8. The second kappa shape index (κ2) is 7.85. The van der Waals surface area contributed by atoms with E-state index in [0.29, 0.717) is 17.8 Å². The maximum absolute atomic E-state index is 10.7. The molecule has 1 aromatic rings. The molecule has 1 amide bonds. The SMILES string of the molecule is CC(CC1COCCN1)Nc1cccc(OCC(N)=O)c1. The van der Waals surface area contributed by atoms with E-state index >= 15 is 0 Å². The third-order valence-electron chi connectivity index (χ3n) is 3.26. The van der Waals surface area contributed by atoms with E-state index < -0.39 is 5.91 Å². The van der Waals surface area contributed by atoms with E-state index in [1.807, 2.05) is 18.2 Å². The van der Waals surface area contributed by atoms with Crippen molar-refractivity contribution < 1.29 is 14.3 Å². The molecule has 0 aromatic heterocycles. The molecule has 2 rings (SSSR count). The lowest BCUT2D eigenvalue weighted by atomic mass is 10.1. The molecule has 1 aliphatic rings. The Labute approximate surface area is 125 Å². The highest BCUT2D eigenvalue weighted by Crippen LogP contribution is 2.19. The molecular weight excluding hydrogens is 270 g/mol. The van der Waals surface area contributed by atoms with Gasteiger partial charge in [-0.2, -0.15) is 0 Å². The number of carbonyl (C=O) groups excluding carboxylic acids is 1. The summed E-state index contributed by atoms with van der Waals surface area (Å²) >= 11 is 0. The summed E-state index contributed by atoms with van der Waals surface area (Å²) in [7, 11) is 0. The number of morpholine rings is 1. The Hall–Kier alpha value is -1.79. The number of primary amides is 1. The smallest absolute Gasteiger partial charge is 0.255 e. The van der Waals surface area contributed by atoms with E-state index in [1.54, 1.807) is 6.07 Å².